The second kappa shape index (κ2) is 7.57. The highest BCUT2D eigenvalue weighted by Gasteiger charge is 2.31. The van der Waals surface area contributed by atoms with E-state index in [9.17, 15) is 9.59 Å². The predicted octanol–water partition coefficient (Wildman–Crippen LogP) is 2.95. The molecule has 0 saturated carbocycles. The smallest absolute Gasteiger partial charge is 0.258 e. The Hall–Kier alpha value is -2.53. The van der Waals surface area contributed by atoms with E-state index in [0.717, 1.165) is 11.3 Å². The van der Waals surface area contributed by atoms with Crippen LogP contribution in [0.2, 0.25) is 5.02 Å². The van der Waals surface area contributed by atoms with Crippen LogP contribution in [0.4, 0.5) is 5.69 Å². The molecule has 1 N–H and O–H groups in total. The van der Waals surface area contributed by atoms with Crippen LogP contribution >= 0.6 is 11.6 Å². The van der Waals surface area contributed by atoms with Gasteiger partial charge in [0, 0.05) is 23.7 Å². The molecule has 25 heavy (non-hydrogen) atoms. The van der Waals surface area contributed by atoms with Gasteiger partial charge in [-0.05, 0) is 42.8 Å². The fraction of sp³-hybridized carbons (Fsp3) is 0.263. The molecule has 130 valence electrons. The van der Waals surface area contributed by atoms with Crippen LogP contribution in [0, 0.1) is 6.92 Å². The lowest BCUT2D eigenvalue weighted by atomic mass is 10.2. The third kappa shape index (κ3) is 4.31. The minimum atomic E-state index is -0.237. The second-order valence-electron chi connectivity index (χ2n) is 6.00. The van der Waals surface area contributed by atoms with Crippen LogP contribution in [0.25, 0.3) is 0 Å². The molecule has 6 heteroatoms. The maximum Gasteiger partial charge on any atom is 0.258 e. The average molecular weight is 359 g/mol. The van der Waals surface area contributed by atoms with Crippen LogP contribution in [-0.4, -0.2) is 31.0 Å². The molecule has 1 saturated heterocycles. The van der Waals surface area contributed by atoms with Gasteiger partial charge in [-0.15, -0.1) is 0 Å². The number of nitrogens with one attached hydrogen (secondary N) is 1. The Morgan fingerprint density at radius 3 is 2.68 bits per heavy atom. The van der Waals surface area contributed by atoms with Gasteiger partial charge in [0.15, 0.2) is 6.61 Å². The molecule has 2 aromatic rings. The van der Waals surface area contributed by atoms with Gasteiger partial charge in [-0.1, -0.05) is 29.8 Å². The zero-order chi connectivity index (χ0) is 17.8. The molecule has 0 spiro atoms. The molecule has 1 aliphatic rings. The van der Waals surface area contributed by atoms with Crippen LogP contribution < -0.4 is 15.0 Å². The molecule has 0 aliphatic carbocycles. The highest BCUT2D eigenvalue weighted by Crippen LogP contribution is 2.23. The summed E-state index contributed by atoms with van der Waals surface area (Å²) < 4.78 is 5.54. The van der Waals surface area contributed by atoms with Gasteiger partial charge in [0.25, 0.3) is 5.91 Å². The first-order valence-corrected chi connectivity index (χ1v) is 8.44. The zero-order valence-corrected chi connectivity index (χ0v) is 14.6. The van der Waals surface area contributed by atoms with Crippen LogP contribution in [0.1, 0.15) is 12.0 Å². The van der Waals surface area contributed by atoms with Crippen molar-refractivity contribution in [3.05, 3.63) is 59.1 Å². The minimum Gasteiger partial charge on any atom is -0.484 e. The SMILES string of the molecule is Cc1ccccc1OCC(=O)NC1CC(=O)N(c2ccc(Cl)cc2)C1. The summed E-state index contributed by atoms with van der Waals surface area (Å²) in [6.07, 6.45) is 0.277. The van der Waals surface area contributed by atoms with Crippen molar-refractivity contribution in [3.8, 4) is 5.75 Å². The summed E-state index contributed by atoms with van der Waals surface area (Å²) in [6.45, 7) is 2.29. The molecule has 0 bridgehead atoms. The summed E-state index contributed by atoms with van der Waals surface area (Å²) in [5.74, 6) is 0.425. The number of ether oxygens (including phenoxy) is 1. The van der Waals surface area contributed by atoms with Gasteiger partial charge in [-0.25, -0.2) is 0 Å². The molecule has 0 aromatic heterocycles. The van der Waals surface area contributed by atoms with Crippen LogP contribution in [0.5, 0.6) is 5.75 Å². The number of rotatable bonds is 5. The Kier molecular flexibility index (Phi) is 5.24. The van der Waals surface area contributed by atoms with E-state index in [4.69, 9.17) is 16.3 Å². The van der Waals surface area contributed by atoms with Crippen molar-refractivity contribution in [2.75, 3.05) is 18.1 Å². The molecule has 1 aliphatic heterocycles. The second-order valence-corrected chi connectivity index (χ2v) is 6.44. The molecule has 1 fully saturated rings. The summed E-state index contributed by atoms with van der Waals surface area (Å²) in [4.78, 5) is 25.9. The van der Waals surface area contributed by atoms with Crippen LogP contribution in [0.3, 0.4) is 0 Å². The van der Waals surface area contributed by atoms with Gasteiger partial charge in [-0.3, -0.25) is 9.59 Å². The van der Waals surface area contributed by atoms with Crippen LogP contribution in [0.15, 0.2) is 48.5 Å². The van der Waals surface area contributed by atoms with E-state index in [1.807, 2.05) is 31.2 Å². The fourth-order valence-electron chi connectivity index (χ4n) is 2.81. The topological polar surface area (TPSA) is 58.6 Å². The quantitative estimate of drug-likeness (QED) is 0.894. The number of nitrogens with zero attached hydrogens (tertiary/aromatic N) is 1. The first-order chi connectivity index (χ1) is 12.0. The Morgan fingerprint density at radius 2 is 1.96 bits per heavy atom. The van der Waals surface area contributed by atoms with Crippen molar-refractivity contribution >= 4 is 29.1 Å². The number of para-hydroxylation sites is 1. The maximum atomic E-state index is 12.2. The van der Waals surface area contributed by atoms with Gasteiger partial charge >= 0.3 is 0 Å². The van der Waals surface area contributed by atoms with Crippen molar-refractivity contribution in [2.45, 2.75) is 19.4 Å². The van der Waals surface area contributed by atoms with Crippen molar-refractivity contribution in [1.82, 2.24) is 5.32 Å². The minimum absolute atomic E-state index is 0.0209. The number of hydrogen-bond acceptors (Lipinski definition) is 3. The van der Waals surface area contributed by atoms with Gasteiger partial charge < -0.3 is 15.0 Å². The van der Waals surface area contributed by atoms with Crippen molar-refractivity contribution in [2.24, 2.45) is 0 Å². The lowest BCUT2D eigenvalue weighted by Gasteiger charge is -2.17. The maximum absolute atomic E-state index is 12.2. The molecule has 1 unspecified atom stereocenters. The average Bonchev–Trinajstić information content (AvgIpc) is 2.95. The third-order valence-electron chi connectivity index (χ3n) is 4.08. The van der Waals surface area contributed by atoms with Crippen LogP contribution in [-0.2, 0) is 9.59 Å². The number of anilines is 1. The molecule has 1 atom stereocenters. The first kappa shape index (κ1) is 17.3. The molecule has 0 radical (unpaired) electrons. The summed E-state index contributed by atoms with van der Waals surface area (Å²) in [6, 6.07) is 14.4. The van der Waals surface area contributed by atoms with Gasteiger partial charge in [0.1, 0.15) is 5.75 Å². The molecule has 1 heterocycles. The van der Waals surface area contributed by atoms with Crippen molar-refractivity contribution in [3.63, 3.8) is 0 Å². The normalized spacial score (nSPS) is 16.8. The molecule has 2 amide bonds. The van der Waals surface area contributed by atoms with Gasteiger partial charge in [0.2, 0.25) is 5.91 Å². The number of halogens is 1. The van der Waals surface area contributed by atoms with Gasteiger partial charge in [0.05, 0.1) is 6.04 Å². The van der Waals surface area contributed by atoms with E-state index in [1.165, 1.54) is 0 Å². The number of hydrogen-bond donors (Lipinski definition) is 1. The number of carbonyl (C=O) groups is 2. The molecular formula is C19H19ClN2O3. The first-order valence-electron chi connectivity index (χ1n) is 8.06. The van der Waals surface area contributed by atoms with E-state index in [1.54, 1.807) is 29.2 Å². The number of amides is 2. The Balaban J connectivity index is 1.53. The van der Waals surface area contributed by atoms with E-state index < -0.39 is 0 Å². The van der Waals surface area contributed by atoms with Gasteiger partial charge in [-0.2, -0.15) is 0 Å². The Labute approximate surface area is 151 Å². The lowest BCUT2D eigenvalue weighted by Crippen LogP contribution is -2.39. The number of benzene rings is 2. The monoisotopic (exact) mass is 358 g/mol. The van der Waals surface area contributed by atoms with Crippen molar-refractivity contribution in [1.29, 1.82) is 0 Å². The molecule has 2 aromatic carbocycles. The molecule has 5 nitrogen and oxygen atoms in total. The van der Waals surface area contributed by atoms with E-state index in [-0.39, 0.29) is 30.9 Å². The standard InChI is InChI=1S/C19H19ClN2O3/c1-13-4-2-3-5-17(13)25-12-18(23)21-15-10-19(24)22(11-15)16-8-6-14(20)7-9-16/h2-9,15H,10-12H2,1H3,(H,21,23). The number of aryl methyl sites for hydroxylation is 1. The summed E-state index contributed by atoms with van der Waals surface area (Å²) >= 11 is 5.87. The number of carbonyl (C=O) groups excluding carboxylic acids is 2. The Morgan fingerprint density at radius 1 is 1.24 bits per heavy atom. The van der Waals surface area contributed by atoms with E-state index in [2.05, 4.69) is 5.32 Å². The highest BCUT2D eigenvalue weighted by atomic mass is 35.5. The Bertz CT molecular complexity index is 776. The van der Waals surface area contributed by atoms with Crippen molar-refractivity contribution < 1.29 is 14.3 Å². The summed E-state index contributed by atoms with van der Waals surface area (Å²) in [5, 5.41) is 3.48. The lowest BCUT2D eigenvalue weighted by molar-refractivity contribution is -0.123. The zero-order valence-electron chi connectivity index (χ0n) is 13.9. The van der Waals surface area contributed by atoms with E-state index >= 15 is 0 Å². The third-order valence-corrected chi connectivity index (χ3v) is 4.33. The predicted molar refractivity (Wildman–Crippen MR) is 97.0 cm³/mol. The largest absolute Gasteiger partial charge is 0.484 e. The summed E-state index contributed by atoms with van der Waals surface area (Å²) in [7, 11) is 0. The molecular weight excluding hydrogens is 340 g/mol. The fourth-order valence-corrected chi connectivity index (χ4v) is 2.93. The van der Waals surface area contributed by atoms with E-state index in [0.29, 0.717) is 17.3 Å². The highest BCUT2D eigenvalue weighted by molar-refractivity contribution is 6.30. The summed E-state index contributed by atoms with van der Waals surface area (Å²) in [5.41, 5.74) is 1.75. The molecule has 3 rings (SSSR count).